The summed E-state index contributed by atoms with van der Waals surface area (Å²) in [5, 5.41) is 13.2. The molecule has 3 aliphatic heterocycles. The van der Waals surface area contributed by atoms with Crippen LogP contribution in [0, 0.1) is 11.3 Å². The number of nitrogens with one attached hydrogen (secondary N) is 1. The van der Waals surface area contributed by atoms with E-state index in [-0.39, 0.29) is 5.54 Å². The predicted molar refractivity (Wildman–Crippen MR) is 179 cm³/mol. The molecule has 3 aromatic rings. The average Bonchev–Trinajstić information content (AvgIpc) is 3.09. The van der Waals surface area contributed by atoms with E-state index >= 15 is 4.39 Å². The van der Waals surface area contributed by atoms with Crippen LogP contribution in [0.15, 0.2) is 42.7 Å². The number of hydrogen-bond donors (Lipinski definition) is 1. The van der Waals surface area contributed by atoms with Crippen LogP contribution < -0.4 is 19.7 Å². The maximum absolute atomic E-state index is 15.1. The standard InChI is InChI=1S/C35H45FN8O3/c1-35(2,3)44-14-11-31(28(36)22-44)47-30-8-5-24(19-25(30)21-37)33-38-23-39-34(41-33)40-26-6-7-29(32(20-26)45-4)43-12-9-27(10-13-43)42-15-17-46-18-16-42/h5-8,19-20,23,27-28,31H,9-18,22H2,1-4H3,(H,38,39,40,41)/t28-,31+/m1/s1. The molecule has 0 amide bonds. The fourth-order valence-electron chi connectivity index (χ4n) is 6.70. The summed E-state index contributed by atoms with van der Waals surface area (Å²) < 4.78 is 32.4. The second-order valence-electron chi connectivity index (χ2n) is 13.4. The number of nitrogens with zero attached hydrogens (tertiary/aromatic N) is 7. The minimum atomic E-state index is -1.15. The molecule has 0 aliphatic carbocycles. The van der Waals surface area contributed by atoms with Gasteiger partial charge in [0.1, 0.15) is 36.2 Å². The molecule has 6 rings (SSSR count). The van der Waals surface area contributed by atoms with E-state index in [1.807, 2.05) is 12.1 Å². The molecule has 0 saturated carbocycles. The predicted octanol–water partition coefficient (Wildman–Crippen LogP) is 5.05. The van der Waals surface area contributed by atoms with Gasteiger partial charge in [-0.15, -0.1) is 0 Å². The van der Waals surface area contributed by atoms with Gasteiger partial charge in [-0.2, -0.15) is 10.2 Å². The van der Waals surface area contributed by atoms with Gasteiger partial charge in [0.15, 0.2) is 5.82 Å². The summed E-state index contributed by atoms with van der Waals surface area (Å²) in [5.74, 6) is 1.90. The van der Waals surface area contributed by atoms with E-state index in [0.29, 0.717) is 47.7 Å². The van der Waals surface area contributed by atoms with Crippen molar-refractivity contribution < 1.29 is 18.6 Å². The van der Waals surface area contributed by atoms with Crippen molar-refractivity contribution in [1.29, 1.82) is 5.26 Å². The molecule has 1 aromatic heterocycles. The molecule has 47 heavy (non-hydrogen) atoms. The van der Waals surface area contributed by atoms with Gasteiger partial charge in [-0.25, -0.2) is 14.4 Å². The van der Waals surface area contributed by atoms with Crippen molar-refractivity contribution in [3.05, 3.63) is 48.3 Å². The maximum Gasteiger partial charge on any atom is 0.230 e. The highest BCUT2D eigenvalue weighted by atomic mass is 19.1. The molecule has 0 bridgehead atoms. The molecule has 2 aromatic carbocycles. The van der Waals surface area contributed by atoms with E-state index < -0.39 is 12.3 Å². The first kappa shape index (κ1) is 32.9. The number of benzene rings is 2. The molecular formula is C35H45FN8O3. The van der Waals surface area contributed by atoms with E-state index in [0.717, 1.165) is 75.9 Å². The minimum absolute atomic E-state index is 0.108. The van der Waals surface area contributed by atoms with Crippen LogP contribution in [0.1, 0.15) is 45.6 Å². The zero-order valence-corrected chi connectivity index (χ0v) is 27.8. The smallest absolute Gasteiger partial charge is 0.230 e. The SMILES string of the molecule is COc1cc(Nc2ncnc(-c3ccc(O[C@H]4CCN(C(C)(C)C)C[C@H]4F)c(C#N)c3)n2)ccc1N1CCC(N2CCOCC2)CC1. The van der Waals surface area contributed by atoms with Crippen molar-refractivity contribution >= 4 is 17.3 Å². The Balaban J connectivity index is 1.10. The van der Waals surface area contributed by atoms with Crippen molar-refractivity contribution in [1.82, 2.24) is 24.8 Å². The molecular weight excluding hydrogens is 599 g/mol. The summed E-state index contributed by atoms with van der Waals surface area (Å²) >= 11 is 0. The molecule has 0 unspecified atom stereocenters. The number of ether oxygens (including phenoxy) is 3. The van der Waals surface area contributed by atoms with Gasteiger partial charge in [0, 0.05) is 68.2 Å². The summed E-state index contributed by atoms with van der Waals surface area (Å²) in [7, 11) is 1.69. The topological polar surface area (TPSA) is 112 Å². The van der Waals surface area contributed by atoms with E-state index in [9.17, 15) is 5.26 Å². The van der Waals surface area contributed by atoms with Crippen molar-refractivity contribution in [3.63, 3.8) is 0 Å². The van der Waals surface area contributed by atoms with Gasteiger partial charge < -0.3 is 24.4 Å². The molecule has 11 nitrogen and oxygen atoms in total. The summed E-state index contributed by atoms with van der Waals surface area (Å²) in [6.07, 6.45) is 2.46. The minimum Gasteiger partial charge on any atom is -0.495 e. The number of aromatic nitrogens is 3. The lowest BCUT2D eigenvalue weighted by Gasteiger charge is -2.42. The first-order chi connectivity index (χ1) is 22.7. The Morgan fingerprint density at radius 2 is 1.77 bits per heavy atom. The van der Waals surface area contributed by atoms with Gasteiger partial charge in [0.05, 0.1) is 31.6 Å². The monoisotopic (exact) mass is 644 g/mol. The van der Waals surface area contributed by atoms with Crippen LogP contribution in [-0.4, -0.2) is 108 Å². The lowest BCUT2D eigenvalue weighted by atomic mass is 9.98. The average molecular weight is 645 g/mol. The molecule has 1 N–H and O–H groups in total. The van der Waals surface area contributed by atoms with Crippen LogP contribution in [0.5, 0.6) is 11.5 Å². The highest BCUT2D eigenvalue weighted by molar-refractivity contribution is 5.68. The highest BCUT2D eigenvalue weighted by Crippen LogP contribution is 2.35. The van der Waals surface area contributed by atoms with Crippen molar-refractivity contribution in [2.45, 2.75) is 63.9 Å². The van der Waals surface area contributed by atoms with E-state index in [2.05, 4.69) is 67.9 Å². The van der Waals surface area contributed by atoms with Crippen LogP contribution in [0.3, 0.4) is 0 Å². The summed E-state index contributed by atoms with van der Waals surface area (Å²) in [6, 6.07) is 14.0. The van der Waals surface area contributed by atoms with E-state index in [1.165, 1.54) is 6.33 Å². The van der Waals surface area contributed by atoms with Gasteiger partial charge in [-0.05, 0) is 70.4 Å². The fraction of sp³-hybridized carbons (Fsp3) is 0.543. The van der Waals surface area contributed by atoms with Crippen molar-refractivity contribution in [2.75, 3.05) is 69.8 Å². The fourth-order valence-corrected chi connectivity index (χ4v) is 6.70. The van der Waals surface area contributed by atoms with Gasteiger partial charge in [0.2, 0.25) is 5.95 Å². The van der Waals surface area contributed by atoms with E-state index in [4.69, 9.17) is 14.2 Å². The molecule has 250 valence electrons. The van der Waals surface area contributed by atoms with Gasteiger partial charge in [-0.3, -0.25) is 9.80 Å². The number of rotatable bonds is 8. The lowest BCUT2D eigenvalue weighted by molar-refractivity contribution is -0.0116. The number of likely N-dealkylation sites (tertiary alicyclic amines) is 1. The summed E-state index contributed by atoms with van der Waals surface area (Å²) in [5.41, 5.74) is 2.68. The number of methoxy groups -OCH3 is 1. The number of nitriles is 1. The molecule has 12 heteroatoms. The third kappa shape index (κ3) is 7.75. The molecule has 0 radical (unpaired) electrons. The van der Waals surface area contributed by atoms with Crippen LogP contribution in [0.4, 0.5) is 21.7 Å². The molecule has 3 fully saturated rings. The number of halogens is 1. The van der Waals surface area contributed by atoms with Crippen molar-refractivity contribution in [2.24, 2.45) is 0 Å². The second-order valence-corrected chi connectivity index (χ2v) is 13.4. The van der Waals surface area contributed by atoms with Crippen LogP contribution in [0.2, 0.25) is 0 Å². The number of morpholine rings is 1. The Hall–Kier alpha value is -4.05. The summed E-state index contributed by atoms with van der Waals surface area (Å²) in [6.45, 7) is 12.9. The Bertz CT molecular complexity index is 1560. The molecule has 0 spiro atoms. The zero-order chi connectivity index (χ0) is 33.0. The second kappa shape index (κ2) is 14.4. The number of piperidine rings is 2. The zero-order valence-electron chi connectivity index (χ0n) is 27.8. The molecule has 3 aliphatic rings. The third-order valence-electron chi connectivity index (χ3n) is 9.44. The summed E-state index contributed by atoms with van der Waals surface area (Å²) in [4.78, 5) is 20.4. The van der Waals surface area contributed by atoms with Gasteiger partial charge in [-0.1, -0.05) is 0 Å². The Labute approximate surface area is 276 Å². The van der Waals surface area contributed by atoms with Crippen LogP contribution >= 0.6 is 0 Å². The lowest BCUT2D eigenvalue weighted by Crippen LogP contribution is -2.53. The number of hydrogen-bond acceptors (Lipinski definition) is 11. The Morgan fingerprint density at radius 1 is 0.979 bits per heavy atom. The quantitative estimate of drug-likeness (QED) is 0.356. The largest absolute Gasteiger partial charge is 0.495 e. The number of alkyl halides is 1. The Kier molecular flexibility index (Phi) is 10.1. The molecule has 4 heterocycles. The third-order valence-corrected chi connectivity index (χ3v) is 9.44. The van der Waals surface area contributed by atoms with Gasteiger partial charge >= 0.3 is 0 Å². The van der Waals surface area contributed by atoms with Crippen LogP contribution in [0.25, 0.3) is 11.4 Å². The first-order valence-corrected chi connectivity index (χ1v) is 16.5. The first-order valence-electron chi connectivity index (χ1n) is 16.5. The number of anilines is 3. The van der Waals surface area contributed by atoms with Crippen molar-refractivity contribution in [3.8, 4) is 29.0 Å². The normalized spacial score (nSPS) is 21.7. The molecule has 3 saturated heterocycles. The van der Waals surface area contributed by atoms with E-state index in [1.54, 1.807) is 25.3 Å². The molecule has 2 atom stereocenters. The highest BCUT2D eigenvalue weighted by Gasteiger charge is 2.35. The van der Waals surface area contributed by atoms with Gasteiger partial charge in [0.25, 0.3) is 0 Å². The Morgan fingerprint density at radius 3 is 2.47 bits per heavy atom. The maximum atomic E-state index is 15.1. The van der Waals surface area contributed by atoms with Crippen LogP contribution in [-0.2, 0) is 4.74 Å².